The van der Waals surface area contributed by atoms with Crippen molar-refractivity contribution in [3.05, 3.63) is 35.6 Å². The molecule has 86 valence electrons. The zero-order valence-corrected chi connectivity index (χ0v) is 9.12. The van der Waals surface area contributed by atoms with Gasteiger partial charge < -0.3 is 10.5 Å². The maximum Gasteiger partial charge on any atom is 0.123 e. The summed E-state index contributed by atoms with van der Waals surface area (Å²) in [6.45, 7) is 0. The first-order valence-electron chi connectivity index (χ1n) is 5.62. The summed E-state index contributed by atoms with van der Waals surface area (Å²) >= 11 is 0. The summed E-state index contributed by atoms with van der Waals surface area (Å²) < 4.78 is 12.8. The average molecular weight is 221 g/mol. The van der Waals surface area contributed by atoms with Crippen LogP contribution in [0.5, 0.6) is 0 Å². The van der Waals surface area contributed by atoms with Crippen molar-refractivity contribution in [1.82, 2.24) is 0 Å². The van der Waals surface area contributed by atoms with E-state index in [2.05, 4.69) is 0 Å². The van der Waals surface area contributed by atoms with Crippen LogP contribution in [0.4, 0.5) is 4.39 Å². The van der Waals surface area contributed by atoms with Gasteiger partial charge in [-0.2, -0.15) is 0 Å². The topological polar surface area (TPSA) is 44.1 Å². The first-order chi connectivity index (χ1) is 7.66. The summed E-state index contributed by atoms with van der Waals surface area (Å²) in [5.41, 5.74) is 0.684. The molecule has 1 aromatic rings. The normalized spacial score (nSPS) is 30.0. The number of aliphatic hydroxyl groups is 1. The maximum atomic E-state index is 12.8. The second-order valence-corrected chi connectivity index (χ2v) is 4.54. The number of aliphatic hydroxyl groups excluding tert-OH is 1. The Bertz CT molecular complexity index is 366. The van der Waals surface area contributed by atoms with Gasteiger partial charge in [-0.15, -0.1) is 0 Å². The van der Waals surface area contributed by atoms with Crippen LogP contribution in [-0.2, 0) is 5.41 Å². The highest BCUT2D eigenvalue weighted by Crippen LogP contribution is 2.37. The third-order valence-electron chi connectivity index (χ3n) is 3.54. The summed E-state index contributed by atoms with van der Waals surface area (Å²) in [7, 11) is 0. The minimum atomic E-state index is -0.299. The molecule has 2 rings (SSSR count). The van der Waals surface area contributed by atoms with Gasteiger partial charge in [0.15, 0.2) is 0 Å². The summed E-state index contributed by atoms with van der Waals surface area (Å²) in [4.78, 5) is 0. The zero-order valence-electron chi connectivity index (χ0n) is 9.12. The van der Waals surface area contributed by atoms with Gasteiger partial charge in [0.1, 0.15) is 5.82 Å². The summed E-state index contributed by atoms with van der Waals surface area (Å²) in [6.07, 6.45) is 4.17. The van der Waals surface area contributed by atoms with Crippen LogP contribution in [0, 0.1) is 11.2 Å². The fourth-order valence-electron chi connectivity index (χ4n) is 2.42. The minimum Gasteiger partial charge on any atom is -0.393 e. The largest absolute Gasteiger partial charge is 0.393 e. The van der Waals surface area contributed by atoms with Crippen molar-refractivity contribution in [2.24, 2.45) is 0 Å². The van der Waals surface area contributed by atoms with E-state index in [1.54, 1.807) is 12.1 Å². The van der Waals surface area contributed by atoms with Gasteiger partial charge in [-0.1, -0.05) is 12.1 Å². The molecular weight excluding hydrogens is 205 g/mol. The molecule has 0 unspecified atom stereocenters. The van der Waals surface area contributed by atoms with Gasteiger partial charge in [0.2, 0.25) is 0 Å². The van der Waals surface area contributed by atoms with Gasteiger partial charge in [0.05, 0.1) is 6.10 Å². The monoisotopic (exact) mass is 221 g/mol. The molecule has 1 aromatic carbocycles. The second kappa shape index (κ2) is 4.34. The second-order valence-electron chi connectivity index (χ2n) is 4.54. The van der Waals surface area contributed by atoms with E-state index in [1.165, 1.54) is 18.3 Å². The van der Waals surface area contributed by atoms with Gasteiger partial charge >= 0.3 is 0 Å². The van der Waals surface area contributed by atoms with Crippen molar-refractivity contribution in [2.75, 3.05) is 0 Å². The molecule has 0 spiro atoms. The maximum absolute atomic E-state index is 12.8. The molecule has 16 heavy (non-hydrogen) atoms. The molecular formula is C13H16FNO. The van der Waals surface area contributed by atoms with Crippen molar-refractivity contribution in [1.29, 1.82) is 5.41 Å². The van der Waals surface area contributed by atoms with Gasteiger partial charge in [-0.25, -0.2) is 4.39 Å². The van der Waals surface area contributed by atoms with Crippen molar-refractivity contribution in [3.8, 4) is 0 Å². The molecule has 0 bridgehead atoms. The predicted octanol–water partition coefficient (Wildman–Crippen LogP) is 2.65. The average Bonchev–Trinajstić information content (AvgIpc) is 2.32. The first kappa shape index (κ1) is 11.3. The van der Waals surface area contributed by atoms with Crippen molar-refractivity contribution < 1.29 is 9.50 Å². The highest BCUT2D eigenvalue weighted by molar-refractivity contribution is 5.71. The third kappa shape index (κ3) is 2.00. The van der Waals surface area contributed by atoms with Crippen LogP contribution < -0.4 is 0 Å². The van der Waals surface area contributed by atoms with Crippen LogP contribution in [0.15, 0.2) is 24.3 Å². The van der Waals surface area contributed by atoms with E-state index < -0.39 is 0 Å². The van der Waals surface area contributed by atoms with Gasteiger partial charge in [-0.05, 0) is 43.4 Å². The number of hydrogen-bond donors (Lipinski definition) is 2. The van der Waals surface area contributed by atoms with E-state index in [9.17, 15) is 9.50 Å². The highest BCUT2D eigenvalue weighted by atomic mass is 19.1. The molecule has 1 aliphatic carbocycles. The summed E-state index contributed by atoms with van der Waals surface area (Å²) in [6, 6.07) is 6.37. The molecule has 3 heteroatoms. The molecule has 0 aromatic heterocycles. The number of halogens is 1. The SMILES string of the molecule is N=CC1(c2ccc(F)cc2)CCC(O)CC1. The van der Waals surface area contributed by atoms with E-state index in [0.29, 0.717) is 12.8 Å². The Hall–Kier alpha value is -1.22. The highest BCUT2D eigenvalue weighted by Gasteiger charge is 2.34. The lowest BCUT2D eigenvalue weighted by Crippen LogP contribution is -2.34. The number of nitrogens with one attached hydrogen (secondary N) is 1. The van der Waals surface area contributed by atoms with Gasteiger partial charge in [-0.3, -0.25) is 0 Å². The minimum absolute atomic E-state index is 0.242. The Morgan fingerprint density at radius 1 is 1.25 bits per heavy atom. The number of benzene rings is 1. The fraction of sp³-hybridized carbons (Fsp3) is 0.462. The smallest absolute Gasteiger partial charge is 0.123 e. The van der Waals surface area contributed by atoms with E-state index in [0.717, 1.165) is 18.4 Å². The Labute approximate surface area is 94.6 Å². The molecule has 0 amide bonds. The van der Waals surface area contributed by atoms with E-state index in [-0.39, 0.29) is 17.3 Å². The van der Waals surface area contributed by atoms with Crippen molar-refractivity contribution in [3.63, 3.8) is 0 Å². The van der Waals surface area contributed by atoms with Gasteiger partial charge in [0, 0.05) is 11.6 Å². The van der Waals surface area contributed by atoms with Crippen molar-refractivity contribution in [2.45, 2.75) is 37.2 Å². The van der Waals surface area contributed by atoms with Crippen LogP contribution in [0.2, 0.25) is 0 Å². The quantitative estimate of drug-likeness (QED) is 0.741. The molecule has 0 heterocycles. The van der Waals surface area contributed by atoms with Crippen molar-refractivity contribution >= 4 is 6.21 Å². The molecule has 1 saturated carbocycles. The lowest BCUT2D eigenvalue weighted by molar-refractivity contribution is 0.113. The summed E-state index contributed by atoms with van der Waals surface area (Å²) in [5, 5.41) is 17.1. The lowest BCUT2D eigenvalue weighted by Gasteiger charge is -2.36. The van der Waals surface area contributed by atoms with Crippen LogP contribution in [0.3, 0.4) is 0 Å². The molecule has 0 saturated heterocycles. The van der Waals surface area contributed by atoms with E-state index in [1.807, 2.05) is 0 Å². The fourth-order valence-corrected chi connectivity index (χ4v) is 2.42. The molecule has 0 atom stereocenters. The molecule has 0 radical (unpaired) electrons. The molecule has 1 fully saturated rings. The third-order valence-corrected chi connectivity index (χ3v) is 3.54. The number of hydrogen-bond acceptors (Lipinski definition) is 2. The predicted molar refractivity (Wildman–Crippen MR) is 61.3 cm³/mol. The van der Waals surface area contributed by atoms with E-state index >= 15 is 0 Å². The number of rotatable bonds is 2. The van der Waals surface area contributed by atoms with Crippen LogP contribution >= 0.6 is 0 Å². The Kier molecular flexibility index (Phi) is 3.06. The first-order valence-corrected chi connectivity index (χ1v) is 5.62. The zero-order chi connectivity index (χ0) is 11.6. The molecule has 1 aliphatic rings. The molecule has 0 aliphatic heterocycles. The summed E-state index contributed by atoms with van der Waals surface area (Å²) in [5.74, 6) is -0.250. The van der Waals surface area contributed by atoms with E-state index in [4.69, 9.17) is 5.41 Å². The Morgan fingerprint density at radius 2 is 1.81 bits per heavy atom. The Morgan fingerprint density at radius 3 is 2.31 bits per heavy atom. The Balaban J connectivity index is 2.27. The van der Waals surface area contributed by atoms with Crippen LogP contribution in [0.1, 0.15) is 31.2 Å². The molecule has 2 N–H and O–H groups in total. The van der Waals surface area contributed by atoms with Crippen LogP contribution in [0.25, 0.3) is 0 Å². The lowest BCUT2D eigenvalue weighted by atomic mass is 9.69. The van der Waals surface area contributed by atoms with Crippen LogP contribution in [-0.4, -0.2) is 17.4 Å². The van der Waals surface area contributed by atoms with Gasteiger partial charge in [0.25, 0.3) is 0 Å². The standard InChI is InChI=1S/C13H16FNO/c14-11-3-1-10(2-4-11)13(9-15)7-5-12(16)6-8-13/h1-4,9,12,15-16H,5-8H2. The molecule has 2 nitrogen and oxygen atoms in total.